The molecular weight excluding hydrogens is 617 g/mol. The van der Waals surface area contributed by atoms with Gasteiger partial charge in [-0.25, -0.2) is 29.9 Å². The molecule has 0 bridgehead atoms. The first-order chi connectivity index (χ1) is 24.4. The second-order valence-corrected chi connectivity index (χ2v) is 14.5. The summed E-state index contributed by atoms with van der Waals surface area (Å²) < 4.78 is 4.28. The number of rotatable bonds is 2. The molecule has 0 spiro atoms. The molecule has 5 heterocycles. The van der Waals surface area contributed by atoms with Gasteiger partial charge in [-0.15, -0.1) is 0 Å². The number of aromatic nitrogens is 8. The summed E-state index contributed by atoms with van der Waals surface area (Å²) in [5, 5.41) is 2.26. The Hall–Kier alpha value is -6.28. The van der Waals surface area contributed by atoms with Crippen molar-refractivity contribution in [2.75, 3.05) is 0 Å². The van der Waals surface area contributed by atoms with Crippen molar-refractivity contribution in [3.63, 3.8) is 0 Å². The van der Waals surface area contributed by atoms with Crippen molar-refractivity contribution in [3.8, 4) is 33.9 Å². The molecule has 50 heavy (non-hydrogen) atoms. The van der Waals surface area contributed by atoms with E-state index in [9.17, 15) is 0 Å². The van der Waals surface area contributed by atoms with E-state index in [1.165, 1.54) is 44.5 Å². The van der Waals surface area contributed by atoms with Crippen LogP contribution in [-0.2, 0) is 10.8 Å². The normalized spacial score (nSPS) is 15.1. The summed E-state index contributed by atoms with van der Waals surface area (Å²) in [6.45, 7) is 9.23. The van der Waals surface area contributed by atoms with Crippen LogP contribution in [0.4, 0.5) is 0 Å². The fourth-order valence-electron chi connectivity index (χ4n) is 9.23. The molecule has 0 radical (unpaired) electrons. The van der Waals surface area contributed by atoms with Gasteiger partial charge < -0.3 is 4.57 Å². The van der Waals surface area contributed by atoms with Gasteiger partial charge in [-0.2, -0.15) is 0 Å². The third-order valence-electron chi connectivity index (χ3n) is 11.3. The van der Waals surface area contributed by atoms with Gasteiger partial charge in [-0.3, -0.25) is 4.57 Å². The Labute approximate surface area is 287 Å². The molecule has 8 heteroatoms. The molecule has 0 saturated heterocycles. The Morgan fingerprint density at radius 2 is 0.940 bits per heavy atom. The zero-order valence-corrected chi connectivity index (χ0v) is 28.0. The van der Waals surface area contributed by atoms with Crippen LogP contribution in [0.1, 0.15) is 49.9 Å². The van der Waals surface area contributed by atoms with Gasteiger partial charge in [-0.1, -0.05) is 88.4 Å². The minimum absolute atomic E-state index is 0.190. The smallest absolute Gasteiger partial charge is 0.234 e. The van der Waals surface area contributed by atoms with E-state index in [0.29, 0.717) is 5.95 Å². The molecule has 238 valence electrons. The third-order valence-corrected chi connectivity index (χ3v) is 11.3. The summed E-state index contributed by atoms with van der Waals surface area (Å²) >= 11 is 0. The SMILES string of the molecule is CC1(C)c2ccccc2-c2ccc3c(c21)c1ncncc1n3-c1cnc(-n2c3cncnc3c3c4c(ccc32)-c2ccccc2C4(C)C)nc1. The van der Waals surface area contributed by atoms with Crippen molar-refractivity contribution in [1.29, 1.82) is 0 Å². The third kappa shape index (κ3) is 3.26. The van der Waals surface area contributed by atoms with Crippen LogP contribution in [0.5, 0.6) is 0 Å². The van der Waals surface area contributed by atoms with Gasteiger partial charge >= 0.3 is 0 Å². The zero-order valence-electron chi connectivity index (χ0n) is 28.0. The molecular formula is C42H30N8. The topological polar surface area (TPSA) is 87.2 Å². The highest BCUT2D eigenvalue weighted by Crippen LogP contribution is 2.54. The lowest BCUT2D eigenvalue weighted by Crippen LogP contribution is -2.15. The van der Waals surface area contributed by atoms with Gasteiger partial charge in [0.05, 0.1) is 52.5 Å². The van der Waals surface area contributed by atoms with E-state index < -0.39 is 0 Å². The Kier molecular flexibility index (Phi) is 5.11. The van der Waals surface area contributed by atoms with E-state index in [-0.39, 0.29) is 10.8 Å². The average molecular weight is 647 g/mol. The van der Waals surface area contributed by atoms with Crippen LogP contribution >= 0.6 is 0 Å². The van der Waals surface area contributed by atoms with Crippen molar-refractivity contribution >= 4 is 43.9 Å². The summed E-state index contributed by atoms with van der Waals surface area (Å²) in [5.41, 5.74) is 16.4. The van der Waals surface area contributed by atoms with Crippen LogP contribution in [0.2, 0.25) is 0 Å². The first-order valence-electron chi connectivity index (χ1n) is 16.9. The maximum absolute atomic E-state index is 5.03. The van der Waals surface area contributed by atoms with Crippen LogP contribution in [0, 0.1) is 0 Å². The highest BCUT2D eigenvalue weighted by molar-refractivity contribution is 6.13. The number of benzene rings is 4. The van der Waals surface area contributed by atoms with Crippen LogP contribution in [-0.4, -0.2) is 39.0 Å². The molecule has 0 fully saturated rings. The predicted molar refractivity (Wildman–Crippen MR) is 197 cm³/mol. The monoisotopic (exact) mass is 646 g/mol. The molecule has 5 aromatic heterocycles. The molecule has 0 amide bonds. The molecule has 4 aromatic carbocycles. The van der Waals surface area contributed by atoms with E-state index in [0.717, 1.165) is 49.6 Å². The van der Waals surface area contributed by atoms with E-state index in [1.807, 2.05) is 24.8 Å². The van der Waals surface area contributed by atoms with Crippen molar-refractivity contribution in [1.82, 2.24) is 39.0 Å². The largest absolute Gasteiger partial charge is 0.303 e. The molecule has 2 aliphatic carbocycles. The van der Waals surface area contributed by atoms with Crippen molar-refractivity contribution < 1.29 is 0 Å². The zero-order chi connectivity index (χ0) is 33.5. The lowest BCUT2D eigenvalue weighted by molar-refractivity contribution is 0.666. The van der Waals surface area contributed by atoms with Gasteiger partial charge in [0, 0.05) is 21.6 Å². The molecule has 0 unspecified atom stereocenters. The Bertz CT molecular complexity index is 2730. The minimum atomic E-state index is -0.199. The van der Waals surface area contributed by atoms with Gasteiger partial charge in [0.25, 0.3) is 0 Å². The average Bonchev–Trinajstić information content (AvgIpc) is 3.81. The first-order valence-corrected chi connectivity index (χ1v) is 16.9. The second kappa shape index (κ2) is 9.24. The Balaban J connectivity index is 1.12. The molecule has 9 aromatic rings. The Morgan fingerprint density at radius 1 is 0.460 bits per heavy atom. The number of nitrogens with zero attached hydrogens (tertiary/aromatic N) is 8. The summed E-state index contributed by atoms with van der Waals surface area (Å²) in [7, 11) is 0. The summed E-state index contributed by atoms with van der Waals surface area (Å²) in [4.78, 5) is 28.6. The first kappa shape index (κ1) is 27.6. The molecule has 11 rings (SSSR count). The Morgan fingerprint density at radius 3 is 1.48 bits per heavy atom. The van der Waals surface area contributed by atoms with E-state index in [4.69, 9.17) is 19.9 Å². The van der Waals surface area contributed by atoms with Crippen LogP contribution in [0.25, 0.3) is 77.8 Å². The maximum atomic E-state index is 5.03. The van der Waals surface area contributed by atoms with Crippen LogP contribution < -0.4 is 0 Å². The number of hydrogen-bond donors (Lipinski definition) is 0. The lowest BCUT2D eigenvalue weighted by atomic mass is 9.81. The van der Waals surface area contributed by atoms with Gasteiger partial charge in [0.1, 0.15) is 23.7 Å². The van der Waals surface area contributed by atoms with Gasteiger partial charge in [0.2, 0.25) is 5.95 Å². The van der Waals surface area contributed by atoms with Crippen molar-refractivity contribution in [3.05, 3.63) is 132 Å². The number of fused-ring (bicyclic) bond motifs is 14. The molecule has 0 atom stereocenters. The summed E-state index contributed by atoms with van der Waals surface area (Å²) in [6, 6.07) is 26.3. The molecule has 0 saturated carbocycles. The van der Waals surface area contributed by atoms with Gasteiger partial charge in [-0.05, 0) is 56.6 Å². The maximum Gasteiger partial charge on any atom is 0.234 e. The van der Waals surface area contributed by atoms with Gasteiger partial charge in [0.15, 0.2) is 0 Å². The summed E-state index contributed by atoms with van der Waals surface area (Å²) in [5.74, 6) is 0.561. The van der Waals surface area contributed by atoms with Crippen molar-refractivity contribution in [2.45, 2.75) is 38.5 Å². The summed E-state index contributed by atoms with van der Waals surface area (Å²) in [6.07, 6.45) is 10.8. The molecule has 0 N–H and O–H groups in total. The second-order valence-electron chi connectivity index (χ2n) is 14.5. The molecule has 0 aliphatic heterocycles. The van der Waals surface area contributed by atoms with E-state index in [1.54, 1.807) is 12.7 Å². The van der Waals surface area contributed by atoms with Crippen LogP contribution in [0.3, 0.4) is 0 Å². The fraction of sp³-hybridized carbons (Fsp3) is 0.143. The van der Waals surface area contributed by atoms with E-state index >= 15 is 0 Å². The van der Waals surface area contributed by atoms with Crippen LogP contribution in [0.15, 0.2) is 110 Å². The fourth-order valence-corrected chi connectivity index (χ4v) is 9.23. The predicted octanol–water partition coefficient (Wildman–Crippen LogP) is 8.86. The molecule has 2 aliphatic rings. The highest BCUT2D eigenvalue weighted by atomic mass is 15.2. The molecule has 8 nitrogen and oxygen atoms in total. The highest BCUT2D eigenvalue weighted by Gasteiger charge is 2.40. The standard InChI is InChI=1S/C42H30N8/c1-41(2)28-11-7-5-9-24(28)26-13-15-30-34(36(26)41)38-32(19-43-21-47-38)49(30)23-17-45-40(46-18-23)50-31-16-14-27-25-10-6-8-12-29(25)42(3,4)37(27)35(31)39-33(50)20-44-22-48-39/h5-22H,1-4H3. The van der Waals surface area contributed by atoms with Crippen molar-refractivity contribution in [2.24, 2.45) is 0 Å². The quantitative estimate of drug-likeness (QED) is 0.187. The number of hydrogen-bond acceptors (Lipinski definition) is 6. The van der Waals surface area contributed by atoms with E-state index in [2.05, 4.69) is 120 Å². The lowest BCUT2D eigenvalue weighted by Gasteiger charge is -2.22. The minimum Gasteiger partial charge on any atom is -0.303 e.